The zero-order valence-electron chi connectivity index (χ0n) is 6.85. The van der Waals surface area contributed by atoms with Gasteiger partial charge >= 0.3 is 0 Å². The van der Waals surface area contributed by atoms with Crippen LogP contribution in [0.5, 0.6) is 0 Å². The van der Waals surface area contributed by atoms with E-state index in [9.17, 15) is 8.78 Å². The second-order valence-corrected chi connectivity index (χ2v) is 2.91. The summed E-state index contributed by atoms with van der Waals surface area (Å²) in [6, 6.07) is 5.43. The molecule has 2 N–H and O–H groups in total. The molecule has 0 radical (unpaired) electrons. The standard InChI is InChI=1S/C9H11F2N/c1-9(11,6-12)7-3-2-4-8(10)5-7/h2-5H,6,12H2,1H3/t9-/m0/s1. The van der Waals surface area contributed by atoms with Gasteiger partial charge in [0.2, 0.25) is 0 Å². The quantitative estimate of drug-likeness (QED) is 0.723. The molecule has 1 nitrogen and oxygen atoms in total. The summed E-state index contributed by atoms with van der Waals surface area (Å²) in [7, 11) is 0. The summed E-state index contributed by atoms with van der Waals surface area (Å²) in [6.07, 6.45) is 0. The minimum absolute atomic E-state index is 0.142. The van der Waals surface area contributed by atoms with E-state index < -0.39 is 11.5 Å². The summed E-state index contributed by atoms with van der Waals surface area (Å²) in [5, 5.41) is 0. The zero-order valence-corrected chi connectivity index (χ0v) is 6.85. The number of hydrogen-bond acceptors (Lipinski definition) is 1. The summed E-state index contributed by atoms with van der Waals surface area (Å²) >= 11 is 0. The molecule has 0 saturated heterocycles. The lowest BCUT2D eigenvalue weighted by atomic mass is 9.98. The number of alkyl halides is 1. The molecule has 1 aromatic rings. The van der Waals surface area contributed by atoms with E-state index in [0.29, 0.717) is 0 Å². The van der Waals surface area contributed by atoms with E-state index in [1.807, 2.05) is 0 Å². The number of nitrogens with two attached hydrogens (primary N) is 1. The highest BCUT2D eigenvalue weighted by Gasteiger charge is 2.23. The Balaban J connectivity index is 3.03. The molecule has 1 rings (SSSR count). The van der Waals surface area contributed by atoms with Crippen LogP contribution >= 0.6 is 0 Å². The maximum atomic E-state index is 13.4. The largest absolute Gasteiger partial charge is 0.327 e. The van der Waals surface area contributed by atoms with Crippen LogP contribution in [0.15, 0.2) is 24.3 Å². The second kappa shape index (κ2) is 3.19. The van der Waals surface area contributed by atoms with E-state index in [4.69, 9.17) is 5.73 Å². The van der Waals surface area contributed by atoms with Gasteiger partial charge < -0.3 is 5.73 Å². The Hall–Kier alpha value is -0.960. The van der Waals surface area contributed by atoms with Crippen LogP contribution in [0, 0.1) is 5.82 Å². The molecular formula is C9H11F2N. The predicted molar refractivity (Wildman–Crippen MR) is 43.9 cm³/mol. The van der Waals surface area contributed by atoms with Crippen molar-refractivity contribution in [2.75, 3.05) is 6.54 Å². The molecule has 0 aliphatic carbocycles. The van der Waals surface area contributed by atoms with Gasteiger partial charge in [0.15, 0.2) is 0 Å². The van der Waals surface area contributed by atoms with E-state index in [1.165, 1.54) is 25.1 Å². The molecule has 0 fully saturated rings. The Labute approximate surface area is 70.2 Å². The van der Waals surface area contributed by atoms with Crippen LogP contribution in [0.1, 0.15) is 12.5 Å². The van der Waals surface area contributed by atoms with Crippen molar-refractivity contribution in [2.24, 2.45) is 5.73 Å². The molecule has 0 aliphatic rings. The molecular weight excluding hydrogens is 160 g/mol. The fraction of sp³-hybridized carbons (Fsp3) is 0.333. The Kier molecular flexibility index (Phi) is 2.43. The van der Waals surface area contributed by atoms with Crippen LogP contribution < -0.4 is 5.73 Å². The van der Waals surface area contributed by atoms with Crippen LogP contribution in [0.4, 0.5) is 8.78 Å². The van der Waals surface area contributed by atoms with Gasteiger partial charge in [0.25, 0.3) is 0 Å². The Morgan fingerprint density at radius 3 is 2.67 bits per heavy atom. The summed E-state index contributed by atoms with van der Waals surface area (Å²) in [4.78, 5) is 0. The van der Waals surface area contributed by atoms with Crippen molar-refractivity contribution in [1.29, 1.82) is 0 Å². The van der Waals surface area contributed by atoms with Gasteiger partial charge in [0.05, 0.1) is 0 Å². The molecule has 0 amide bonds. The minimum Gasteiger partial charge on any atom is -0.327 e. The van der Waals surface area contributed by atoms with E-state index in [-0.39, 0.29) is 12.1 Å². The van der Waals surface area contributed by atoms with Crippen molar-refractivity contribution in [2.45, 2.75) is 12.6 Å². The Bertz CT molecular complexity index is 271. The van der Waals surface area contributed by atoms with Gasteiger partial charge in [0.1, 0.15) is 11.5 Å². The lowest BCUT2D eigenvalue weighted by Gasteiger charge is -2.17. The van der Waals surface area contributed by atoms with Crippen molar-refractivity contribution in [1.82, 2.24) is 0 Å². The zero-order chi connectivity index (χ0) is 9.19. The Morgan fingerprint density at radius 2 is 2.17 bits per heavy atom. The highest BCUT2D eigenvalue weighted by molar-refractivity contribution is 5.22. The molecule has 1 aromatic carbocycles. The minimum atomic E-state index is -1.64. The maximum absolute atomic E-state index is 13.4. The lowest BCUT2D eigenvalue weighted by molar-refractivity contribution is 0.203. The van der Waals surface area contributed by atoms with Gasteiger partial charge in [-0.1, -0.05) is 12.1 Å². The molecule has 12 heavy (non-hydrogen) atoms. The molecule has 0 unspecified atom stereocenters. The van der Waals surface area contributed by atoms with E-state index in [0.717, 1.165) is 6.07 Å². The van der Waals surface area contributed by atoms with Crippen LogP contribution in [0.25, 0.3) is 0 Å². The van der Waals surface area contributed by atoms with Crippen molar-refractivity contribution >= 4 is 0 Å². The first-order valence-electron chi connectivity index (χ1n) is 3.71. The third kappa shape index (κ3) is 1.80. The maximum Gasteiger partial charge on any atom is 0.145 e. The number of rotatable bonds is 2. The van der Waals surface area contributed by atoms with Gasteiger partial charge in [-0.05, 0) is 24.6 Å². The van der Waals surface area contributed by atoms with E-state index in [2.05, 4.69) is 0 Å². The van der Waals surface area contributed by atoms with Crippen molar-refractivity contribution in [3.63, 3.8) is 0 Å². The molecule has 0 aromatic heterocycles. The monoisotopic (exact) mass is 171 g/mol. The molecule has 0 spiro atoms. The molecule has 66 valence electrons. The fourth-order valence-electron chi connectivity index (χ4n) is 0.931. The third-order valence-electron chi connectivity index (χ3n) is 1.81. The fourth-order valence-corrected chi connectivity index (χ4v) is 0.931. The smallest absolute Gasteiger partial charge is 0.145 e. The molecule has 0 aliphatic heterocycles. The van der Waals surface area contributed by atoms with Gasteiger partial charge in [-0.2, -0.15) is 0 Å². The normalized spacial score (nSPS) is 15.7. The third-order valence-corrected chi connectivity index (χ3v) is 1.81. The van der Waals surface area contributed by atoms with Crippen molar-refractivity contribution in [3.8, 4) is 0 Å². The lowest BCUT2D eigenvalue weighted by Crippen LogP contribution is -2.26. The first-order chi connectivity index (χ1) is 5.56. The number of benzene rings is 1. The van der Waals surface area contributed by atoms with E-state index in [1.54, 1.807) is 0 Å². The van der Waals surface area contributed by atoms with Gasteiger partial charge in [-0.15, -0.1) is 0 Å². The first kappa shape index (κ1) is 9.13. The molecule has 3 heteroatoms. The van der Waals surface area contributed by atoms with Crippen LogP contribution in [-0.2, 0) is 5.67 Å². The highest BCUT2D eigenvalue weighted by atomic mass is 19.1. The number of hydrogen-bond donors (Lipinski definition) is 1. The average molecular weight is 171 g/mol. The highest BCUT2D eigenvalue weighted by Crippen LogP contribution is 2.24. The summed E-state index contributed by atoms with van der Waals surface area (Å²) in [6.45, 7) is 1.19. The molecule has 1 atom stereocenters. The van der Waals surface area contributed by atoms with Crippen LogP contribution in [0.2, 0.25) is 0 Å². The predicted octanol–water partition coefficient (Wildman–Crippen LogP) is 1.97. The van der Waals surface area contributed by atoms with Gasteiger partial charge in [-0.3, -0.25) is 0 Å². The molecule has 0 heterocycles. The second-order valence-electron chi connectivity index (χ2n) is 2.91. The van der Waals surface area contributed by atoms with Crippen molar-refractivity contribution in [3.05, 3.63) is 35.6 Å². The summed E-state index contributed by atoms with van der Waals surface area (Å²) < 4.78 is 26.1. The molecule has 0 bridgehead atoms. The summed E-state index contributed by atoms with van der Waals surface area (Å²) in [5.74, 6) is -0.440. The van der Waals surface area contributed by atoms with Crippen molar-refractivity contribution < 1.29 is 8.78 Å². The van der Waals surface area contributed by atoms with E-state index >= 15 is 0 Å². The number of halogens is 2. The van der Waals surface area contributed by atoms with Gasteiger partial charge in [0, 0.05) is 6.54 Å². The molecule has 0 saturated carbocycles. The first-order valence-corrected chi connectivity index (χ1v) is 3.71. The van der Waals surface area contributed by atoms with Crippen LogP contribution in [-0.4, -0.2) is 6.54 Å². The SMILES string of the molecule is C[C@](F)(CN)c1cccc(F)c1. The summed E-state index contributed by atoms with van der Waals surface area (Å²) in [5.41, 5.74) is 3.84. The van der Waals surface area contributed by atoms with Gasteiger partial charge in [-0.25, -0.2) is 8.78 Å². The average Bonchev–Trinajstić information content (AvgIpc) is 2.05. The van der Waals surface area contributed by atoms with Crippen LogP contribution in [0.3, 0.4) is 0 Å². The topological polar surface area (TPSA) is 26.0 Å². The Morgan fingerprint density at radius 1 is 1.50 bits per heavy atom.